The van der Waals surface area contributed by atoms with Crippen LogP contribution in [0.1, 0.15) is 25.7 Å². The van der Waals surface area contributed by atoms with Crippen molar-refractivity contribution in [1.82, 2.24) is 5.32 Å². The summed E-state index contributed by atoms with van der Waals surface area (Å²) in [4.78, 5) is 22.4. The third-order valence-corrected chi connectivity index (χ3v) is 3.89. The number of nitrogens with two attached hydrogens (primary N) is 1. The Morgan fingerprint density at radius 2 is 2.21 bits per heavy atom. The number of methoxy groups -OCH3 is 1. The van der Waals surface area contributed by atoms with Gasteiger partial charge >= 0.3 is 5.97 Å². The summed E-state index contributed by atoms with van der Waals surface area (Å²) in [5.41, 5.74) is 5.19. The minimum atomic E-state index is -0.997. The number of rotatable bonds is 6. The van der Waals surface area contributed by atoms with Crippen LogP contribution in [0.2, 0.25) is 5.82 Å². The van der Waals surface area contributed by atoms with Gasteiger partial charge in [0.25, 0.3) is 0 Å². The summed E-state index contributed by atoms with van der Waals surface area (Å²) in [5.74, 6) is -0.696. The molecule has 1 amide bonds. The van der Waals surface area contributed by atoms with Gasteiger partial charge in [-0.1, -0.05) is 6.42 Å². The lowest BCUT2D eigenvalue weighted by molar-refractivity contribution is -0.142. The van der Waals surface area contributed by atoms with Crippen molar-refractivity contribution in [2.45, 2.75) is 43.6 Å². The lowest BCUT2D eigenvalue weighted by Gasteiger charge is -2.34. The fourth-order valence-corrected chi connectivity index (χ4v) is 2.85. The van der Waals surface area contributed by atoms with Gasteiger partial charge in [-0.3, -0.25) is 4.79 Å². The van der Waals surface area contributed by atoms with Crippen molar-refractivity contribution in [2.75, 3.05) is 13.7 Å². The zero-order chi connectivity index (χ0) is 14.4. The minimum absolute atomic E-state index is 0.184. The van der Waals surface area contributed by atoms with E-state index in [1.807, 2.05) is 0 Å². The van der Waals surface area contributed by atoms with E-state index < -0.39 is 17.9 Å². The third-order valence-electron chi connectivity index (χ3n) is 3.89. The molecule has 4 atom stereocenters. The number of carbonyl (C=O) groups excluding carboxylic acids is 1. The molecule has 108 valence electrons. The lowest BCUT2D eigenvalue weighted by atomic mass is 9.68. The summed E-state index contributed by atoms with van der Waals surface area (Å²) in [6, 6.07) is -0.840. The number of hydrogen-bond acceptors (Lipinski definition) is 4. The van der Waals surface area contributed by atoms with E-state index in [0.717, 1.165) is 19.3 Å². The quantitative estimate of drug-likeness (QED) is 0.545. The number of nitrogens with one attached hydrogen (secondary N) is 1. The zero-order valence-electron chi connectivity index (χ0n) is 11.6. The normalized spacial score (nSPS) is 28.6. The van der Waals surface area contributed by atoms with Crippen LogP contribution in [0, 0.1) is 5.92 Å². The molecule has 3 unspecified atom stereocenters. The monoisotopic (exact) mass is 270 g/mol. The summed E-state index contributed by atoms with van der Waals surface area (Å²) >= 11 is 0. The van der Waals surface area contributed by atoms with E-state index >= 15 is 0 Å². The summed E-state index contributed by atoms with van der Waals surface area (Å²) in [6.07, 6.45) is 3.53. The summed E-state index contributed by atoms with van der Waals surface area (Å²) in [5, 5.41) is 11.6. The first kappa shape index (κ1) is 16.0. The second-order valence-electron chi connectivity index (χ2n) is 5.33. The highest BCUT2D eigenvalue weighted by Gasteiger charge is 2.31. The van der Waals surface area contributed by atoms with Crippen molar-refractivity contribution in [3.8, 4) is 0 Å². The predicted octanol–water partition coefficient (Wildman–Crippen LogP) is -0.859. The van der Waals surface area contributed by atoms with Crippen molar-refractivity contribution in [3.63, 3.8) is 0 Å². The highest BCUT2D eigenvalue weighted by Crippen LogP contribution is 2.35. The van der Waals surface area contributed by atoms with Crippen LogP contribution in [0.4, 0.5) is 0 Å². The fourth-order valence-electron chi connectivity index (χ4n) is 2.85. The van der Waals surface area contributed by atoms with Crippen molar-refractivity contribution < 1.29 is 19.4 Å². The second-order valence-corrected chi connectivity index (χ2v) is 5.33. The Balaban J connectivity index is 2.51. The average molecular weight is 270 g/mol. The molecule has 0 heterocycles. The van der Waals surface area contributed by atoms with E-state index in [9.17, 15) is 9.59 Å². The van der Waals surface area contributed by atoms with Crippen LogP contribution in [0.5, 0.6) is 0 Å². The number of carboxylic acid groups (broad SMARTS) is 1. The van der Waals surface area contributed by atoms with Gasteiger partial charge in [-0.25, -0.2) is 4.79 Å². The average Bonchev–Trinajstić information content (AvgIpc) is 2.37. The van der Waals surface area contributed by atoms with E-state index in [-0.39, 0.29) is 12.6 Å². The first-order valence-electron chi connectivity index (χ1n) is 6.73. The number of amides is 1. The number of hydrogen-bond donors (Lipinski definition) is 3. The molecule has 1 aliphatic rings. The van der Waals surface area contributed by atoms with Gasteiger partial charge in [0.1, 0.15) is 13.9 Å². The molecule has 1 fully saturated rings. The first-order chi connectivity index (χ1) is 8.97. The Kier molecular flexibility index (Phi) is 6.31. The van der Waals surface area contributed by atoms with E-state index in [4.69, 9.17) is 15.6 Å². The molecule has 0 aromatic heterocycles. The number of ether oxygens (including phenoxy) is 1. The van der Waals surface area contributed by atoms with Gasteiger partial charge in [0, 0.05) is 7.11 Å². The topological polar surface area (TPSA) is 102 Å². The lowest BCUT2D eigenvalue weighted by Crippen LogP contribution is -2.45. The summed E-state index contributed by atoms with van der Waals surface area (Å²) < 4.78 is 5.38. The Hall–Kier alpha value is -1.08. The molecule has 4 N–H and O–H groups in total. The largest absolute Gasteiger partial charge is 0.480 e. The van der Waals surface area contributed by atoms with Gasteiger partial charge in [-0.15, -0.1) is 0 Å². The molecule has 1 saturated carbocycles. The smallest absolute Gasteiger partial charge is 0.326 e. The zero-order valence-corrected chi connectivity index (χ0v) is 11.6. The molecule has 19 heavy (non-hydrogen) atoms. The molecule has 1 rings (SSSR count). The molecule has 0 spiro atoms. The second kappa shape index (κ2) is 7.50. The molecule has 0 aromatic rings. The molecule has 0 bridgehead atoms. The van der Waals surface area contributed by atoms with Gasteiger partial charge < -0.3 is 20.9 Å². The van der Waals surface area contributed by atoms with Gasteiger partial charge in [-0.2, -0.15) is 0 Å². The Bertz CT molecular complexity index is 327. The van der Waals surface area contributed by atoms with Crippen LogP contribution in [-0.2, 0) is 14.3 Å². The molecule has 7 heteroatoms. The van der Waals surface area contributed by atoms with E-state index in [1.165, 1.54) is 0 Å². The molecule has 1 aliphatic carbocycles. The maximum atomic E-state index is 11.2. The molecule has 0 aliphatic heterocycles. The molecule has 6 nitrogen and oxygen atoms in total. The van der Waals surface area contributed by atoms with Crippen LogP contribution in [0.25, 0.3) is 0 Å². The molecule has 0 radical (unpaired) electrons. The van der Waals surface area contributed by atoms with Gasteiger partial charge in [0.2, 0.25) is 5.91 Å². The van der Waals surface area contributed by atoms with Crippen LogP contribution in [0.3, 0.4) is 0 Å². The van der Waals surface area contributed by atoms with Crippen molar-refractivity contribution in [2.24, 2.45) is 11.7 Å². The number of aliphatic carboxylic acids is 1. The molecular weight excluding hydrogens is 247 g/mol. The van der Waals surface area contributed by atoms with Gasteiger partial charge in [-0.05, 0) is 31.0 Å². The van der Waals surface area contributed by atoms with Crippen LogP contribution in [-0.4, -0.2) is 50.6 Å². The van der Waals surface area contributed by atoms with E-state index in [2.05, 4.69) is 13.2 Å². The Labute approximate surface area is 114 Å². The van der Waals surface area contributed by atoms with E-state index in [0.29, 0.717) is 18.2 Å². The molecular formula is C12H23BN2O4. The number of carboxylic acids is 1. The summed E-state index contributed by atoms with van der Waals surface area (Å²) in [6.45, 7) is -0.184. The molecule has 0 saturated heterocycles. The maximum Gasteiger partial charge on any atom is 0.326 e. The van der Waals surface area contributed by atoms with E-state index in [1.54, 1.807) is 7.11 Å². The van der Waals surface area contributed by atoms with Crippen molar-refractivity contribution in [3.05, 3.63) is 0 Å². The molecule has 0 aromatic carbocycles. The Morgan fingerprint density at radius 1 is 1.53 bits per heavy atom. The Morgan fingerprint density at radius 3 is 2.68 bits per heavy atom. The highest BCUT2D eigenvalue weighted by molar-refractivity contribution is 6.12. The standard InChI is InChI=1S/C12H23BN2O4/c1-19-10-3-2-7(4-8(10)13)5-9(12(17)18)15-11(16)6-14/h7-10H,2-6,13-14H2,1H3,(H,15,16)(H,17,18)/t7?,8?,9-,10?/m0/s1. The number of carbonyl (C=O) groups is 2. The third kappa shape index (κ3) is 4.83. The van der Waals surface area contributed by atoms with Crippen molar-refractivity contribution >= 4 is 19.7 Å². The van der Waals surface area contributed by atoms with Gasteiger partial charge in [0.05, 0.1) is 12.6 Å². The van der Waals surface area contributed by atoms with Crippen LogP contribution >= 0.6 is 0 Å². The minimum Gasteiger partial charge on any atom is -0.480 e. The maximum absolute atomic E-state index is 11.2. The van der Waals surface area contributed by atoms with Crippen LogP contribution in [0.15, 0.2) is 0 Å². The van der Waals surface area contributed by atoms with Crippen LogP contribution < -0.4 is 11.1 Å². The fraction of sp³-hybridized carbons (Fsp3) is 0.833. The first-order valence-corrected chi connectivity index (χ1v) is 6.73. The van der Waals surface area contributed by atoms with Crippen molar-refractivity contribution in [1.29, 1.82) is 0 Å². The highest BCUT2D eigenvalue weighted by atomic mass is 16.5. The van der Waals surface area contributed by atoms with Gasteiger partial charge in [0.15, 0.2) is 0 Å². The predicted molar refractivity (Wildman–Crippen MR) is 73.7 cm³/mol. The summed E-state index contributed by atoms with van der Waals surface area (Å²) in [7, 11) is 3.83. The SMILES string of the molecule is BC1CC(C[C@H](NC(=O)CN)C(=O)O)CCC1OC.